The van der Waals surface area contributed by atoms with E-state index in [2.05, 4.69) is 0 Å². The molecule has 0 atom stereocenters. The molecular formula is C27H37N3O3. The summed E-state index contributed by atoms with van der Waals surface area (Å²) in [4.78, 5) is 31.4. The van der Waals surface area contributed by atoms with Gasteiger partial charge >= 0.3 is 0 Å². The fourth-order valence-corrected chi connectivity index (χ4v) is 4.22. The van der Waals surface area contributed by atoms with Crippen molar-refractivity contribution in [2.24, 2.45) is 0 Å². The fraction of sp³-hybridized carbons (Fsp3) is 0.481. The van der Waals surface area contributed by atoms with Gasteiger partial charge < -0.3 is 19.4 Å². The second-order valence-electron chi connectivity index (χ2n) is 8.92. The molecule has 0 bridgehead atoms. The Balaban J connectivity index is 1.77. The summed E-state index contributed by atoms with van der Waals surface area (Å²) >= 11 is 0. The zero-order valence-corrected chi connectivity index (χ0v) is 20.3. The average molecular weight is 452 g/mol. The molecule has 0 unspecified atom stereocenters. The Morgan fingerprint density at radius 1 is 0.909 bits per heavy atom. The Hall–Kier alpha value is -3.02. The molecule has 0 saturated heterocycles. The van der Waals surface area contributed by atoms with Gasteiger partial charge in [0.05, 0.1) is 0 Å². The summed E-state index contributed by atoms with van der Waals surface area (Å²) < 4.78 is 5.87. The van der Waals surface area contributed by atoms with Gasteiger partial charge in [-0.1, -0.05) is 49.9 Å². The van der Waals surface area contributed by atoms with E-state index in [4.69, 9.17) is 4.74 Å². The summed E-state index contributed by atoms with van der Waals surface area (Å²) in [5, 5.41) is 0. The number of ether oxygens (including phenoxy) is 1. The Labute approximate surface area is 198 Å². The molecule has 0 aromatic heterocycles. The van der Waals surface area contributed by atoms with Crippen LogP contribution in [0.1, 0.15) is 51.0 Å². The molecular weight excluding hydrogens is 414 g/mol. The SMILES string of the molecule is CC(=O)N1CCCCCCCCN(C(=O)COc2cccc(N(C)C)c2)Cc2ccccc21. The molecule has 0 N–H and O–H groups in total. The third-order valence-corrected chi connectivity index (χ3v) is 6.13. The van der Waals surface area contributed by atoms with Crippen LogP contribution in [-0.2, 0) is 16.1 Å². The second kappa shape index (κ2) is 12.3. The van der Waals surface area contributed by atoms with Gasteiger partial charge in [0.1, 0.15) is 5.75 Å². The normalized spacial score (nSPS) is 15.5. The van der Waals surface area contributed by atoms with Crippen molar-refractivity contribution in [3.05, 3.63) is 54.1 Å². The highest BCUT2D eigenvalue weighted by Gasteiger charge is 2.20. The fourth-order valence-electron chi connectivity index (χ4n) is 4.22. The maximum Gasteiger partial charge on any atom is 0.260 e. The number of nitrogens with zero attached hydrogens (tertiary/aromatic N) is 3. The van der Waals surface area contributed by atoms with Crippen LogP contribution in [0.5, 0.6) is 5.75 Å². The smallest absolute Gasteiger partial charge is 0.260 e. The maximum atomic E-state index is 13.2. The molecule has 6 heteroatoms. The summed E-state index contributed by atoms with van der Waals surface area (Å²) in [6.07, 6.45) is 6.51. The van der Waals surface area contributed by atoms with Crippen molar-refractivity contribution >= 4 is 23.2 Å². The lowest BCUT2D eigenvalue weighted by molar-refractivity contribution is -0.134. The third-order valence-electron chi connectivity index (χ3n) is 6.13. The number of hydrogen-bond donors (Lipinski definition) is 0. The van der Waals surface area contributed by atoms with Crippen LogP contribution < -0.4 is 14.5 Å². The van der Waals surface area contributed by atoms with Gasteiger partial charge in [-0.2, -0.15) is 0 Å². The summed E-state index contributed by atoms with van der Waals surface area (Å²) in [6, 6.07) is 15.7. The number of anilines is 2. The summed E-state index contributed by atoms with van der Waals surface area (Å²) in [5.41, 5.74) is 2.93. The van der Waals surface area contributed by atoms with Crippen LogP contribution in [-0.4, -0.2) is 50.5 Å². The molecule has 0 saturated carbocycles. The molecule has 6 nitrogen and oxygen atoms in total. The molecule has 1 heterocycles. The number of carbonyl (C=O) groups excluding carboxylic acids is 2. The van der Waals surface area contributed by atoms with Crippen molar-refractivity contribution in [2.45, 2.75) is 52.0 Å². The van der Waals surface area contributed by atoms with E-state index in [0.717, 1.165) is 55.5 Å². The molecule has 2 amide bonds. The number of benzene rings is 2. The van der Waals surface area contributed by atoms with E-state index in [1.165, 1.54) is 0 Å². The minimum absolute atomic E-state index is 0.00449. The predicted octanol–water partition coefficient (Wildman–Crippen LogP) is 4.87. The zero-order chi connectivity index (χ0) is 23.6. The van der Waals surface area contributed by atoms with Crippen LogP contribution >= 0.6 is 0 Å². The number of carbonyl (C=O) groups is 2. The monoisotopic (exact) mass is 451 g/mol. The lowest BCUT2D eigenvalue weighted by atomic mass is 10.1. The van der Waals surface area contributed by atoms with Gasteiger partial charge in [-0.25, -0.2) is 0 Å². The molecule has 3 rings (SSSR count). The molecule has 178 valence electrons. The average Bonchev–Trinajstić information content (AvgIpc) is 2.82. The van der Waals surface area contributed by atoms with Crippen LogP contribution in [0.15, 0.2) is 48.5 Å². The molecule has 2 aromatic rings. The highest BCUT2D eigenvalue weighted by atomic mass is 16.5. The Morgan fingerprint density at radius 3 is 2.33 bits per heavy atom. The Bertz CT molecular complexity index is 928. The van der Waals surface area contributed by atoms with Crippen LogP contribution in [0.2, 0.25) is 0 Å². The van der Waals surface area contributed by atoms with Crippen molar-refractivity contribution in [1.29, 1.82) is 0 Å². The van der Waals surface area contributed by atoms with Crippen molar-refractivity contribution < 1.29 is 14.3 Å². The lowest BCUT2D eigenvalue weighted by Gasteiger charge is -2.28. The minimum Gasteiger partial charge on any atom is -0.484 e. The van der Waals surface area contributed by atoms with Crippen molar-refractivity contribution in [1.82, 2.24) is 4.90 Å². The van der Waals surface area contributed by atoms with Crippen molar-refractivity contribution in [3.63, 3.8) is 0 Å². The highest BCUT2D eigenvalue weighted by Crippen LogP contribution is 2.25. The molecule has 2 aromatic carbocycles. The van der Waals surface area contributed by atoms with E-state index in [-0.39, 0.29) is 18.4 Å². The minimum atomic E-state index is -0.0377. The molecule has 0 radical (unpaired) electrons. The van der Waals surface area contributed by atoms with Crippen LogP contribution in [0, 0.1) is 0 Å². The maximum absolute atomic E-state index is 13.2. The molecule has 0 spiro atoms. The second-order valence-corrected chi connectivity index (χ2v) is 8.92. The predicted molar refractivity (Wildman–Crippen MR) is 134 cm³/mol. The first kappa shape index (κ1) is 24.6. The number of hydrogen-bond acceptors (Lipinski definition) is 4. The van der Waals surface area contributed by atoms with Gasteiger partial charge in [0.25, 0.3) is 5.91 Å². The number of fused-ring (bicyclic) bond motifs is 1. The molecule has 0 fully saturated rings. The van der Waals surface area contributed by atoms with Gasteiger partial charge in [0, 0.05) is 58.1 Å². The Kier molecular flexibility index (Phi) is 9.16. The molecule has 1 aliphatic heterocycles. The van der Waals surface area contributed by atoms with E-state index >= 15 is 0 Å². The lowest BCUT2D eigenvalue weighted by Crippen LogP contribution is -2.36. The first-order valence-electron chi connectivity index (χ1n) is 12.0. The zero-order valence-electron chi connectivity index (χ0n) is 20.3. The van der Waals surface area contributed by atoms with Gasteiger partial charge in [-0.3, -0.25) is 9.59 Å². The van der Waals surface area contributed by atoms with Gasteiger partial charge in [-0.05, 0) is 36.6 Å². The first-order chi connectivity index (χ1) is 16.0. The van der Waals surface area contributed by atoms with Crippen molar-refractivity contribution in [3.8, 4) is 5.75 Å². The van der Waals surface area contributed by atoms with E-state index in [9.17, 15) is 9.59 Å². The summed E-state index contributed by atoms with van der Waals surface area (Å²) in [7, 11) is 3.95. The Morgan fingerprint density at radius 2 is 1.61 bits per heavy atom. The standard InChI is InChI=1S/C27H37N3O3/c1-22(31)30-18-11-7-5-4-6-10-17-29(20-23-13-8-9-16-26(23)30)27(32)21-33-25-15-12-14-24(19-25)28(2)3/h8-9,12-16,19H,4-7,10-11,17-18,20-21H2,1-3H3. The largest absolute Gasteiger partial charge is 0.484 e. The van der Waals surface area contributed by atoms with Gasteiger partial charge in [0.15, 0.2) is 6.61 Å². The van der Waals surface area contributed by atoms with Crippen molar-refractivity contribution in [2.75, 3.05) is 43.6 Å². The number of para-hydroxylation sites is 1. The van der Waals surface area contributed by atoms with Gasteiger partial charge in [-0.15, -0.1) is 0 Å². The number of amides is 2. The quantitative estimate of drug-likeness (QED) is 0.666. The van der Waals surface area contributed by atoms with Crippen LogP contribution in [0.3, 0.4) is 0 Å². The van der Waals surface area contributed by atoms with E-state index in [1.54, 1.807) is 6.92 Å². The van der Waals surface area contributed by atoms with Gasteiger partial charge in [0.2, 0.25) is 5.91 Å². The molecule has 33 heavy (non-hydrogen) atoms. The topological polar surface area (TPSA) is 53.1 Å². The summed E-state index contributed by atoms with van der Waals surface area (Å²) in [6.45, 7) is 3.49. The van der Waals surface area contributed by atoms with E-state index < -0.39 is 0 Å². The summed E-state index contributed by atoms with van der Waals surface area (Å²) in [5.74, 6) is 0.687. The first-order valence-corrected chi connectivity index (χ1v) is 12.0. The van der Waals surface area contributed by atoms with E-state index in [1.807, 2.05) is 77.3 Å². The van der Waals surface area contributed by atoms with Crippen LogP contribution in [0.25, 0.3) is 0 Å². The van der Waals surface area contributed by atoms with E-state index in [0.29, 0.717) is 25.4 Å². The number of rotatable bonds is 4. The molecule has 1 aliphatic rings. The third kappa shape index (κ3) is 7.24. The van der Waals surface area contributed by atoms with Crippen LogP contribution in [0.4, 0.5) is 11.4 Å². The molecule has 0 aliphatic carbocycles. The highest BCUT2D eigenvalue weighted by molar-refractivity contribution is 5.92.